The van der Waals surface area contributed by atoms with Gasteiger partial charge in [0.05, 0.1) is 4.34 Å². The Morgan fingerprint density at radius 2 is 2.27 bits per heavy atom. The molecule has 1 unspecified atom stereocenters. The predicted molar refractivity (Wildman–Crippen MR) is 108 cm³/mol. The van der Waals surface area contributed by atoms with Gasteiger partial charge in [-0.05, 0) is 44.5 Å². The van der Waals surface area contributed by atoms with E-state index in [-0.39, 0.29) is 24.0 Å². The molecule has 1 fully saturated rings. The summed E-state index contributed by atoms with van der Waals surface area (Å²) in [4.78, 5) is 8.13. The summed E-state index contributed by atoms with van der Waals surface area (Å²) in [6.45, 7) is 6.44. The molecule has 1 aliphatic rings. The summed E-state index contributed by atoms with van der Waals surface area (Å²) in [5.41, 5.74) is 0. The monoisotopic (exact) mass is 456 g/mol. The largest absolute Gasteiger partial charge is 0.356 e. The van der Waals surface area contributed by atoms with E-state index in [9.17, 15) is 0 Å². The molecule has 1 saturated heterocycles. The molecule has 22 heavy (non-hydrogen) atoms. The lowest BCUT2D eigenvalue weighted by molar-refractivity contribution is 0.267. The van der Waals surface area contributed by atoms with E-state index in [4.69, 9.17) is 11.6 Å². The fraction of sp³-hybridized carbons (Fsp3) is 0.667. The van der Waals surface area contributed by atoms with Gasteiger partial charge in [-0.1, -0.05) is 18.5 Å². The first-order chi connectivity index (χ1) is 10.2. The number of nitrogens with zero attached hydrogens (tertiary/aromatic N) is 2. The van der Waals surface area contributed by atoms with Crippen molar-refractivity contribution in [3.63, 3.8) is 0 Å². The highest BCUT2D eigenvalue weighted by molar-refractivity contribution is 14.0. The lowest BCUT2D eigenvalue weighted by atomic mass is 10.2. The molecule has 0 spiro atoms. The first-order valence-electron chi connectivity index (χ1n) is 7.65. The Morgan fingerprint density at radius 1 is 1.45 bits per heavy atom. The van der Waals surface area contributed by atoms with Gasteiger partial charge in [-0.3, -0.25) is 9.89 Å². The van der Waals surface area contributed by atoms with E-state index in [1.807, 2.05) is 13.1 Å². The van der Waals surface area contributed by atoms with E-state index in [0.29, 0.717) is 6.04 Å². The Kier molecular flexibility index (Phi) is 9.70. The summed E-state index contributed by atoms with van der Waals surface area (Å²) in [6.07, 6.45) is 3.57. The van der Waals surface area contributed by atoms with Gasteiger partial charge in [0.15, 0.2) is 5.96 Å². The smallest absolute Gasteiger partial charge is 0.191 e. The lowest BCUT2D eigenvalue weighted by Gasteiger charge is -2.23. The van der Waals surface area contributed by atoms with Crippen LogP contribution in [0.4, 0.5) is 0 Å². The third-order valence-electron chi connectivity index (χ3n) is 3.93. The second-order valence-electron chi connectivity index (χ2n) is 5.26. The van der Waals surface area contributed by atoms with Gasteiger partial charge in [0.1, 0.15) is 0 Å². The van der Waals surface area contributed by atoms with Gasteiger partial charge in [0.2, 0.25) is 0 Å². The molecule has 2 N–H and O–H groups in total. The van der Waals surface area contributed by atoms with E-state index < -0.39 is 0 Å². The van der Waals surface area contributed by atoms with Crippen LogP contribution in [0.15, 0.2) is 17.1 Å². The second kappa shape index (κ2) is 10.7. The zero-order valence-electron chi connectivity index (χ0n) is 13.3. The predicted octanol–water partition coefficient (Wildman–Crippen LogP) is 3.21. The van der Waals surface area contributed by atoms with Gasteiger partial charge >= 0.3 is 0 Å². The van der Waals surface area contributed by atoms with Crippen molar-refractivity contribution in [2.45, 2.75) is 32.2 Å². The summed E-state index contributed by atoms with van der Waals surface area (Å²) in [5, 5.41) is 6.81. The minimum absolute atomic E-state index is 0. The van der Waals surface area contributed by atoms with Gasteiger partial charge in [-0.25, -0.2) is 0 Å². The van der Waals surface area contributed by atoms with Crippen LogP contribution < -0.4 is 10.6 Å². The molecular weight excluding hydrogens is 431 g/mol. The number of guanidine groups is 1. The summed E-state index contributed by atoms with van der Waals surface area (Å²) < 4.78 is 0.855. The number of aliphatic imine (C=N–C) groups is 1. The molecule has 2 rings (SSSR count). The van der Waals surface area contributed by atoms with Gasteiger partial charge < -0.3 is 10.6 Å². The molecule has 1 aliphatic heterocycles. The van der Waals surface area contributed by atoms with Crippen molar-refractivity contribution >= 4 is 52.9 Å². The molecule has 0 amide bonds. The summed E-state index contributed by atoms with van der Waals surface area (Å²) in [5.74, 6) is 0.889. The number of nitrogens with one attached hydrogen (secondary N) is 2. The third-order valence-corrected chi connectivity index (χ3v) is 5.22. The fourth-order valence-electron chi connectivity index (χ4n) is 2.77. The standard InChI is InChI=1S/C15H25ClN4S.HI/c1-3-20-10-4-5-12(20)11-19-15(17-2)18-9-8-13-6-7-14(16)21-13;/h6-7,12H,3-5,8-11H2,1-2H3,(H2,17,18,19);1H. The third kappa shape index (κ3) is 6.22. The minimum atomic E-state index is 0. The maximum absolute atomic E-state index is 5.94. The van der Waals surface area contributed by atoms with E-state index in [2.05, 4.69) is 33.5 Å². The van der Waals surface area contributed by atoms with Crippen molar-refractivity contribution < 1.29 is 0 Å². The van der Waals surface area contributed by atoms with Crippen LogP contribution in [0.1, 0.15) is 24.6 Å². The number of thiophene rings is 1. The first-order valence-corrected chi connectivity index (χ1v) is 8.85. The Morgan fingerprint density at radius 3 is 2.91 bits per heavy atom. The molecule has 1 atom stereocenters. The Bertz CT molecular complexity index is 466. The van der Waals surface area contributed by atoms with Gasteiger partial charge in [0, 0.05) is 31.1 Å². The molecular formula is C15H26ClIN4S. The zero-order valence-corrected chi connectivity index (χ0v) is 17.2. The molecule has 2 heterocycles. The highest BCUT2D eigenvalue weighted by atomic mass is 127. The summed E-state index contributed by atoms with van der Waals surface area (Å²) in [6, 6.07) is 4.68. The Balaban J connectivity index is 0.00000242. The lowest BCUT2D eigenvalue weighted by Crippen LogP contribution is -2.45. The Hall–Kier alpha value is -0.0500. The fourth-order valence-corrected chi connectivity index (χ4v) is 3.85. The molecule has 0 radical (unpaired) electrons. The van der Waals surface area contributed by atoms with E-state index in [1.165, 1.54) is 24.3 Å². The normalized spacial score (nSPS) is 19.0. The number of halogens is 2. The van der Waals surface area contributed by atoms with Gasteiger partial charge in [-0.2, -0.15) is 0 Å². The highest BCUT2D eigenvalue weighted by Crippen LogP contribution is 2.21. The minimum Gasteiger partial charge on any atom is -0.356 e. The maximum Gasteiger partial charge on any atom is 0.191 e. The topological polar surface area (TPSA) is 39.7 Å². The molecule has 0 aliphatic carbocycles. The van der Waals surface area contributed by atoms with Crippen molar-refractivity contribution in [3.8, 4) is 0 Å². The Labute approximate surface area is 159 Å². The van der Waals surface area contributed by atoms with Gasteiger partial charge in [-0.15, -0.1) is 35.3 Å². The van der Waals surface area contributed by atoms with Crippen LogP contribution >= 0.6 is 46.9 Å². The van der Waals surface area contributed by atoms with E-state index in [1.54, 1.807) is 11.3 Å². The number of hydrogen-bond acceptors (Lipinski definition) is 3. The number of likely N-dealkylation sites (N-methyl/N-ethyl adjacent to an activating group) is 1. The van der Waals surface area contributed by atoms with E-state index in [0.717, 1.165) is 36.4 Å². The van der Waals surface area contributed by atoms with Gasteiger partial charge in [0.25, 0.3) is 0 Å². The van der Waals surface area contributed by atoms with Crippen LogP contribution in [0.3, 0.4) is 0 Å². The maximum atomic E-state index is 5.94. The average Bonchev–Trinajstić information content (AvgIpc) is 3.11. The van der Waals surface area contributed by atoms with Crippen LogP contribution in [0.25, 0.3) is 0 Å². The number of hydrogen-bond donors (Lipinski definition) is 2. The molecule has 4 nitrogen and oxygen atoms in total. The molecule has 126 valence electrons. The second-order valence-corrected chi connectivity index (χ2v) is 7.06. The van der Waals surface area contributed by atoms with Crippen LogP contribution in [0, 0.1) is 0 Å². The molecule has 1 aromatic rings. The van der Waals surface area contributed by atoms with Crippen LogP contribution in [0.5, 0.6) is 0 Å². The van der Waals surface area contributed by atoms with Crippen molar-refractivity contribution in [1.82, 2.24) is 15.5 Å². The van der Waals surface area contributed by atoms with Crippen LogP contribution in [0.2, 0.25) is 4.34 Å². The molecule has 0 bridgehead atoms. The highest BCUT2D eigenvalue weighted by Gasteiger charge is 2.22. The van der Waals surface area contributed by atoms with Crippen molar-refractivity contribution in [3.05, 3.63) is 21.3 Å². The van der Waals surface area contributed by atoms with Crippen molar-refractivity contribution in [2.75, 3.05) is 33.2 Å². The number of likely N-dealkylation sites (tertiary alicyclic amines) is 1. The molecule has 0 saturated carbocycles. The molecule has 0 aromatic carbocycles. The van der Waals surface area contributed by atoms with Crippen LogP contribution in [-0.2, 0) is 6.42 Å². The van der Waals surface area contributed by atoms with Crippen molar-refractivity contribution in [1.29, 1.82) is 0 Å². The molecule has 7 heteroatoms. The average molecular weight is 457 g/mol. The zero-order chi connectivity index (χ0) is 15.1. The SMILES string of the molecule is CCN1CCCC1CNC(=NC)NCCc1ccc(Cl)s1.I. The van der Waals surface area contributed by atoms with Crippen molar-refractivity contribution in [2.24, 2.45) is 4.99 Å². The summed E-state index contributed by atoms with van der Waals surface area (Å²) in [7, 11) is 1.82. The molecule has 1 aromatic heterocycles. The number of rotatable bonds is 6. The van der Waals surface area contributed by atoms with E-state index >= 15 is 0 Å². The van der Waals surface area contributed by atoms with Crippen LogP contribution in [-0.4, -0.2) is 50.1 Å². The summed E-state index contributed by atoms with van der Waals surface area (Å²) >= 11 is 7.58. The first kappa shape index (κ1) is 20.0. The quantitative estimate of drug-likeness (QED) is 0.392.